The molecule has 3 aromatic rings. The number of H-pyrrole nitrogens is 1. The van der Waals surface area contributed by atoms with E-state index in [1.54, 1.807) is 30.3 Å². The molecule has 1 N–H and O–H groups in total. The Morgan fingerprint density at radius 2 is 2.00 bits per heavy atom. The van der Waals surface area contributed by atoms with Crippen LogP contribution in [0.1, 0.15) is 27.2 Å². The third kappa shape index (κ3) is 3.47. The van der Waals surface area contributed by atoms with Gasteiger partial charge in [-0.3, -0.25) is 9.59 Å². The Hall–Kier alpha value is -4.09. The number of hydrogen-bond donors (Lipinski definition) is 1. The number of amidine groups is 2. The number of carbonyl (C=O) groups excluding carboxylic acids is 1. The highest BCUT2D eigenvalue weighted by Crippen LogP contribution is 2.36. The second kappa shape index (κ2) is 7.97. The van der Waals surface area contributed by atoms with Crippen molar-refractivity contribution < 1.29 is 31.7 Å². The zero-order valence-electron chi connectivity index (χ0n) is 18.7. The van der Waals surface area contributed by atoms with E-state index in [0.29, 0.717) is 28.5 Å². The van der Waals surface area contributed by atoms with Crippen LogP contribution in [0.4, 0.5) is 17.6 Å². The van der Waals surface area contributed by atoms with Gasteiger partial charge in [0.25, 0.3) is 17.3 Å². The second-order valence-corrected chi connectivity index (χ2v) is 8.76. The van der Waals surface area contributed by atoms with E-state index in [1.165, 1.54) is 4.90 Å². The second-order valence-electron chi connectivity index (χ2n) is 8.76. The topological polar surface area (TPSA) is 90.7 Å². The first-order valence-corrected chi connectivity index (χ1v) is 11.2. The van der Waals surface area contributed by atoms with Gasteiger partial charge >= 0.3 is 12.0 Å². The number of fused-ring (bicyclic) bond motifs is 3. The molecule has 0 aliphatic carbocycles. The summed E-state index contributed by atoms with van der Waals surface area (Å²) >= 11 is 0. The number of alkyl halides is 3. The lowest BCUT2D eigenvalue weighted by Gasteiger charge is -2.32. The molecule has 0 unspecified atom stereocenters. The number of carbonyl (C=O) groups is 1. The maximum absolute atomic E-state index is 15.9. The van der Waals surface area contributed by atoms with Crippen molar-refractivity contribution in [1.29, 1.82) is 0 Å². The fourth-order valence-corrected chi connectivity index (χ4v) is 4.87. The highest BCUT2D eigenvalue weighted by Gasteiger charge is 2.51. The third-order valence-electron chi connectivity index (χ3n) is 6.60. The van der Waals surface area contributed by atoms with Crippen LogP contribution < -0.4 is 10.3 Å². The zero-order valence-corrected chi connectivity index (χ0v) is 18.7. The summed E-state index contributed by atoms with van der Waals surface area (Å²) in [5, 5.41) is 7.52. The smallest absolute Gasteiger partial charge is 0.482 e. The summed E-state index contributed by atoms with van der Waals surface area (Å²) in [6.45, 7) is 0.00472. The summed E-state index contributed by atoms with van der Waals surface area (Å²) < 4.78 is 61.5. The summed E-state index contributed by atoms with van der Waals surface area (Å²) in [5.74, 6) is -2.17. The molecule has 2 aromatic carbocycles. The minimum absolute atomic E-state index is 0.0150. The summed E-state index contributed by atoms with van der Waals surface area (Å²) in [6, 6.07) is 8.46. The number of ether oxygens (including phenoxy) is 1. The van der Waals surface area contributed by atoms with Crippen LogP contribution in [0.2, 0.25) is 0 Å². The van der Waals surface area contributed by atoms with E-state index in [1.807, 2.05) is 0 Å². The highest BCUT2D eigenvalue weighted by atomic mass is 19.4. The van der Waals surface area contributed by atoms with Crippen LogP contribution >= 0.6 is 0 Å². The fourth-order valence-electron chi connectivity index (χ4n) is 4.87. The van der Waals surface area contributed by atoms with E-state index in [9.17, 15) is 22.8 Å². The van der Waals surface area contributed by atoms with Crippen LogP contribution in [-0.2, 0) is 12.8 Å². The Labute approximate surface area is 200 Å². The Morgan fingerprint density at radius 1 is 1.22 bits per heavy atom. The van der Waals surface area contributed by atoms with Gasteiger partial charge in [-0.1, -0.05) is 23.2 Å². The normalized spacial score (nSPS) is 16.9. The van der Waals surface area contributed by atoms with Crippen molar-refractivity contribution in [1.82, 2.24) is 15.1 Å². The van der Waals surface area contributed by atoms with E-state index >= 15 is 4.39 Å². The zero-order chi connectivity index (χ0) is 25.2. The molecule has 0 radical (unpaired) electrons. The van der Waals surface area contributed by atoms with Gasteiger partial charge in [0.15, 0.2) is 0 Å². The molecule has 0 atom stereocenters. The number of amides is 1. The van der Waals surface area contributed by atoms with Crippen molar-refractivity contribution in [3.05, 3.63) is 68.9 Å². The lowest BCUT2D eigenvalue weighted by atomic mass is 9.97. The minimum atomic E-state index is -4.56. The molecule has 184 valence electrons. The van der Waals surface area contributed by atoms with Crippen LogP contribution in [0.3, 0.4) is 0 Å². The molecule has 0 spiro atoms. The maximum Gasteiger partial charge on any atom is 0.482 e. The molecule has 3 aliphatic rings. The lowest BCUT2D eigenvalue weighted by Crippen LogP contribution is -2.56. The van der Waals surface area contributed by atoms with Crippen molar-refractivity contribution in [3.8, 4) is 5.75 Å². The van der Waals surface area contributed by atoms with Gasteiger partial charge in [-0.2, -0.15) is 18.3 Å². The maximum atomic E-state index is 15.9. The van der Waals surface area contributed by atoms with Crippen molar-refractivity contribution in [2.45, 2.75) is 19.0 Å². The van der Waals surface area contributed by atoms with E-state index in [4.69, 9.17) is 4.74 Å². The van der Waals surface area contributed by atoms with E-state index < -0.39 is 23.7 Å². The minimum Gasteiger partial charge on any atom is -0.492 e. The largest absolute Gasteiger partial charge is 0.492 e. The first-order chi connectivity index (χ1) is 17.2. The number of rotatable bonds is 3. The van der Waals surface area contributed by atoms with Gasteiger partial charge in [0, 0.05) is 18.2 Å². The number of aliphatic imine (C=N–C) groups is 1. The number of aromatic nitrogens is 2. The number of nitrogens with one attached hydrogen (secondary N) is 1. The first-order valence-electron chi connectivity index (χ1n) is 11.2. The molecule has 8 nitrogen and oxygen atoms in total. The number of aromatic amines is 1. The van der Waals surface area contributed by atoms with Gasteiger partial charge in [-0.05, 0) is 23.3 Å². The molecule has 1 saturated heterocycles. The molecule has 36 heavy (non-hydrogen) atoms. The first kappa shape index (κ1) is 22.4. The summed E-state index contributed by atoms with van der Waals surface area (Å²) in [5.41, 5.74) is 0.698. The Kier molecular flexibility index (Phi) is 4.95. The van der Waals surface area contributed by atoms with Crippen molar-refractivity contribution in [3.63, 3.8) is 0 Å². The molecular weight excluding hydrogens is 482 g/mol. The molecule has 1 amide bonds. The molecule has 12 heteroatoms. The summed E-state index contributed by atoms with van der Waals surface area (Å²) in [7, 11) is 0. The van der Waals surface area contributed by atoms with Crippen LogP contribution in [0.25, 0.3) is 10.8 Å². The number of hydrogen-bond acceptors (Lipinski definition) is 5. The van der Waals surface area contributed by atoms with Gasteiger partial charge < -0.3 is 9.64 Å². The quantitative estimate of drug-likeness (QED) is 0.442. The number of piperazine rings is 1. The predicted molar refractivity (Wildman–Crippen MR) is 120 cm³/mol. The molecule has 1 fully saturated rings. The van der Waals surface area contributed by atoms with Crippen molar-refractivity contribution >= 4 is 28.4 Å². The number of benzene rings is 2. The average molecular weight is 500 g/mol. The summed E-state index contributed by atoms with van der Waals surface area (Å²) in [6.07, 6.45) is -4.07. The molecule has 0 saturated carbocycles. The SMILES string of the molecule is O=C(c1c(F)c(Cc2n[nH]c(=O)c3ccccc23)cc2c1OCC2)N1CC[N+]2=C(C(F)(F)F)N=C2C1. The van der Waals surface area contributed by atoms with Crippen molar-refractivity contribution in [2.24, 2.45) is 4.99 Å². The van der Waals surface area contributed by atoms with Crippen LogP contribution in [0.15, 0.2) is 40.1 Å². The molecule has 4 heterocycles. The highest BCUT2D eigenvalue weighted by molar-refractivity contribution is 6.07. The lowest BCUT2D eigenvalue weighted by molar-refractivity contribution is -0.443. The summed E-state index contributed by atoms with van der Waals surface area (Å²) in [4.78, 5) is 30.4. The Balaban J connectivity index is 1.35. The van der Waals surface area contributed by atoms with Gasteiger partial charge in [0.05, 0.1) is 30.8 Å². The molecule has 1 aromatic heterocycles. The van der Waals surface area contributed by atoms with Gasteiger partial charge in [0.1, 0.15) is 23.7 Å². The van der Waals surface area contributed by atoms with Crippen LogP contribution in [0, 0.1) is 5.82 Å². The van der Waals surface area contributed by atoms with Gasteiger partial charge in [-0.15, -0.1) is 0 Å². The Bertz CT molecular complexity index is 1570. The third-order valence-corrected chi connectivity index (χ3v) is 6.60. The molecular formula is C24H18F4N5O3+. The molecule has 0 bridgehead atoms. The standard InChI is InChI=1S/C24H17F4N5O3/c25-19-13(10-16-14-3-1-2-4-15(14)21(34)31-30-16)9-12-5-8-36-20(12)18(19)22(35)32-6-7-33-17(11-32)29-23(33)24(26,27)28/h1-4,9H,5-8,10-11H2/p+1. The monoisotopic (exact) mass is 500 g/mol. The molecule has 3 aliphatic heterocycles. The molecule has 6 rings (SSSR count). The van der Waals surface area contributed by atoms with E-state index in [-0.39, 0.29) is 60.9 Å². The van der Waals surface area contributed by atoms with E-state index in [2.05, 4.69) is 15.2 Å². The van der Waals surface area contributed by atoms with E-state index in [0.717, 1.165) is 4.58 Å². The Morgan fingerprint density at radius 3 is 2.75 bits per heavy atom. The van der Waals surface area contributed by atoms with Crippen LogP contribution in [-0.4, -0.2) is 69.7 Å². The average Bonchev–Trinajstić information content (AvgIpc) is 3.29. The fraction of sp³-hybridized carbons (Fsp3) is 0.292. The van der Waals surface area contributed by atoms with Crippen LogP contribution in [0.5, 0.6) is 5.75 Å². The number of halogens is 4. The van der Waals surface area contributed by atoms with Crippen molar-refractivity contribution in [2.75, 3.05) is 26.2 Å². The predicted octanol–water partition coefficient (Wildman–Crippen LogP) is 2.43. The van der Waals surface area contributed by atoms with Gasteiger partial charge in [0.2, 0.25) is 0 Å². The van der Waals surface area contributed by atoms with Gasteiger partial charge in [-0.25, -0.2) is 14.1 Å². The number of nitrogens with zero attached hydrogens (tertiary/aromatic N) is 4.